The lowest BCUT2D eigenvalue weighted by Crippen LogP contribution is -2.12. The smallest absolute Gasteiger partial charge is 0.418 e. The molecule has 0 saturated carbocycles. The lowest BCUT2D eigenvalue weighted by molar-refractivity contribution is 0.368. The van der Waals surface area contributed by atoms with Gasteiger partial charge in [0.15, 0.2) is 0 Å². The normalized spacial score (nSPS) is 11.3. The third-order valence-electron chi connectivity index (χ3n) is 4.50. The van der Waals surface area contributed by atoms with Crippen LogP contribution in [0.2, 0.25) is 0 Å². The second kappa shape index (κ2) is 22.9. The highest BCUT2D eigenvalue weighted by molar-refractivity contribution is 7.75. The molecule has 27 heavy (non-hydrogen) atoms. The molecule has 0 saturated heterocycles. The van der Waals surface area contributed by atoms with Crippen molar-refractivity contribution in [3.8, 4) is 0 Å². The summed E-state index contributed by atoms with van der Waals surface area (Å²) in [6.07, 6.45) is 21.9. The molecule has 1 atom stereocenters. The van der Waals surface area contributed by atoms with Gasteiger partial charge in [0.05, 0.1) is 24.6 Å². The predicted molar refractivity (Wildman–Crippen MR) is 126 cm³/mol. The summed E-state index contributed by atoms with van der Waals surface area (Å²) in [4.78, 5) is 0. The summed E-state index contributed by atoms with van der Waals surface area (Å²) in [7, 11) is -3.86. The molecule has 0 N–H and O–H groups in total. The topological polar surface area (TPSA) is 0 Å². The number of halogens is 4. The number of hydrogen-bond acceptors (Lipinski definition) is 0. The molecule has 0 aliphatic carbocycles. The van der Waals surface area contributed by atoms with E-state index in [1.807, 2.05) is 0 Å². The maximum Gasteiger partial charge on any atom is 0.673 e. The Morgan fingerprint density at radius 1 is 0.556 bits per heavy atom. The highest BCUT2D eigenvalue weighted by Gasteiger charge is 2.34. The van der Waals surface area contributed by atoms with Gasteiger partial charge in [0, 0.05) is 7.26 Å². The Kier molecular flexibility index (Phi) is 27.4. The summed E-state index contributed by atoms with van der Waals surface area (Å²) in [5.74, 6) is 0. The van der Waals surface area contributed by atoms with E-state index in [-0.39, 0.29) is 0 Å². The zero-order chi connectivity index (χ0) is 21.6. The first-order chi connectivity index (χ1) is 12.7. The molecular formula is C20H47BF4P2. The van der Waals surface area contributed by atoms with E-state index in [1.54, 1.807) is 24.6 Å². The Balaban J connectivity index is -0.000000471. The molecule has 0 radical (unpaired) electrons. The van der Waals surface area contributed by atoms with Gasteiger partial charge < -0.3 is 17.3 Å². The van der Waals surface area contributed by atoms with Crippen LogP contribution in [0.1, 0.15) is 98.8 Å². The zero-order valence-electron chi connectivity index (χ0n) is 18.7. The maximum absolute atomic E-state index is 9.75. The molecule has 7 heteroatoms. The minimum absolute atomic E-state index is 0.562. The first-order valence-electron chi connectivity index (χ1n) is 11.1. The molecule has 0 fully saturated rings. The average molecular weight is 436 g/mol. The fourth-order valence-corrected chi connectivity index (χ4v) is 8.55. The summed E-state index contributed by atoms with van der Waals surface area (Å²) in [6.45, 7) is 11.6. The molecule has 0 aliphatic heterocycles. The molecule has 0 rings (SSSR count). The van der Waals surface area contributed by atoms with Crippen molar-refractivity contribution < 1.29 is 17.3 Å². The van der Waals surface area contributed by atoms with Crippen molar-refractivity contribution >= 4 is 23.8 Å². The fraction of sp³-hybridized carbons (Fsp3) is 1.00. The number of rotatable bonds is 14. The lowest BCUT2D eigenvalue weighted by atomic mass is 10.3. The molecule has 0 amide bonds. The number of unbranched alkanes of at least 4 members (excludes halogenated alkanes) is 5. The zero-order valence-corrected chi connectivity index (χ0v) is 20.8. The van der Waals surface area contributed by atoms with Gasteiger partial charge in [-0.3, -0.25) is 0 Å². The van der Waals surface area contributed by atoms with Crippen molar-refractivity contribution in [2.24, 2.45) is 0 Å². The Bertz CT molecular complexity index is 232. The van der Waals surface area contributed by atoms with Gasteiger partial charge in [-0.25, -0.2) is 0 Å². The molecule has 168 valence electrons. The van der Waals surface area contributed by atoms with Gasteiger partial charge in [-0.2, -0.15) is 0 Å². The summed E-state index contributed by atoms with van der Waals surface area (Å²) in [5, 5.41) is 0. The van der Waals surface area contributed by atoms with Crippen LogP contribution in [-0.4, -0.2) is 38.1 Å². The Morgan fingerprint density at radius 2 is 0.778 bits per heavy atom. The van der Waals surface area contributed by atoms with E-state index in [9.17, 15) is 17.3 Å². The first kappa shape index (κ1) is 32.3. The van der Waals surface area contributed by atoms with Crippen LogP contribution in [0.25, 0.3) is 0 Å². The standard InChI is InChI=1S/C16H36P.C4H11P.BF4/c1-5-9-13-17(14-10-6-2,15-11-7-3)16-12-8-4;1-2-3-4-5;2-1(3,4)5/h5-16H2,1-4H3;2-5H2,1H3;/q+1;;-1. The van der Waals surface area contributed by atoms with Gasteiger partial charge >= 0.3 is 7.25 Å². The Labute approximate surface area is 171 Å². The van der Waals surface area contributed by atoms with Crippen molar-refractivity contribution in [2.75, 3.05) is 30.8 Å². The first-order valence-corrected chi connectivity index (χ1v) is 14.4. The van der Waals surface area contributed by atoms with Crippen molar-refractivity contribution in [1.82, 2.24) is 0 Å². The summed E-state index contributed by atoms with van der Waals surface area (Å²) in [5.41, 5.74) is 0. The van der Waals surface area contributed by atoms with E-state index in [4.69, 9.17) is 0 Å². The Hall–Kier alpha value is 0.645. The summed E-state index contributed by atoms with van der Waals surface area (Å²) in [6, 6.07) is 0. The van der Waals surface area contributed by atoms with Gasteiger partial charge in [0.1, 0.15) is 0 Å². The van der Waals surface area contributed by atoms with Crippen LogP contribution in [0, 0.1) is 0 Å². The molecule has 0 aliphatic rings. The van der Waals surface area contributed by atoms with Crippen LogP contribution in [-0.2, 0) is 0 Å². The lowest BCUT2D eigenvalue weighted by Gasteiger charge is -2.28. The molecular weight excluding hydrogens is 389 g/mol. The van der Waals surface area contributed by atoms with Crippen molar-refractivity contribution in [2.45, 2.75) is 98.8 Å². The van der Waals surface area contributed by atoms with Gasteiger partial charge in [-0.05, 0) is 31.8 Å². The van der Waals surface area contributed by atoms with Crippen molar-refractivity contribution in [3.05, 3.63) is 0 Å². The highest BCUT2D eigenvalue weighted by Crippen LogP contribution is 2.61. The van der Waals surface area contributed by atoms with Gasteiger partial charge in [-0.1, -0.05) is 73.1 Å². The molecule has 0 heterocycles. The van der Waals surface area contributed by atoms with Crippen LogP contribution in [0.5, 0.6) is 0 Å². The fourth-order valence-electron chi connectivity index (χ4n) is 2.85. The van der Waals surface area contributed by atoms with Gasteiger partial charge in [0.25, 0.3) is 0 Å². The second-order valence-electron chi connectivity index (χ2n) is 7.29. The highest BCUT2D eigenvalue weighted by atomic mass is 31.2. The second-order valence-corrected chi connectivity index (χ2v) is 12.3. The Morgan fingerprint density at radius 3 is 0.889 bits per heavy atom. The van der Waals surface area contributed by atoms with Gasteiger partial charge in [0.2, 0.25) is 0 Å². The molecule has 1 unspecified atom stereocenters. The largest absolute Gasteiger partial charge is 0.673 e. The van der Waals surface area contributed by atoms with E-state index in [2.05, 4.69) is 43.9 Å². The summed E-state index contributed by atoms with van der Waals surface area (Å²) < 4.78 is 39.0. The molecule has 0 nitrogen and oxygen atoms in total. The molecule has 0 aromatic carbocycles. The average Bonchev–Trinajstić information content (AvgIpc) is 2.60. The monoisotopic (exact) mass is 436 g/mol. The van der Waals surface area contributed by atoms with Gasteiger partial charge in [-0.15, -0.1) is 9.24 Å². The third-order valence-corrected chi connectivity index (χ3v) is 9.97. The molecule has 0 spiro atoms. The SMILES string of the molecule is CCCCP.CCCC[P+](CCCC)(CCCC)CCCC.F[B-](F)(F)F. The summed E-state index contributed by atoms with van der Waals surface area (Å²) >= 11 is 0. The molecule has 0 bridgehead atoms. The van der Waals surface area contributed by atoms with E-state index < -0.39 is 14.5 Å². The van der Waals surface area contributed by atoms with Crippen molar-refractivity contribution in [3.63, 3.8) is 0 Å². The quantitative estimate of drug-likeness (QED) is 0.145. The maximum atomic E-state index is 9.75. The molecule has 0 aromatic rings. The third kappa shape index (κ3) is 31.6. The number of hydrogen-bond donors (Lipinski definition) is 0. The van der Waals surface area contributed by atoms with Crippen LogP contribution < -0.4 is 0 Å². The molecule has 0 aromatic heterocycles. The van der Waals surface area contributed by atoms with Crippen LogP contribution >= 0.6 is 16.5 Å². The van der Waals surface area contributed by atoms with E-state index in [0.29, 0.717) is 0 Å². The van der Waals surface area contributed by atoms with Crippen LogP contribution in [0.4, 0.5) is 17.3 Å². The van der Waals surface area contributed by atoms with E-state index in [1.165, 1.54) is 70.4 Å². The minimum atomic E-state index is -6.00. The van der Waals surface area contributed by atoms with Crippen LogP contribution in [0.3, 0.4) is 0 Å². The van der Waals surface area contributed by atoms with Crippen LogP contribution in [0.15, 0.2) is 0 Å². The predicted octanol–water partition coefficient (Wildman–Crippen LogP) is 9.17. The van der Waals surface area contributed by atoms with E-state index >= 15 is 0 Å². The minimum Gasteiger partial charge on any atom is -0.418 e. The van der Waals surface area contributed by atoms with E-state index in [0.717, 1.165) is 0 Å². The van der Waals surface area contributed by atoms with Crippen molar-refractivity contribution in [1.29, 1.82) is 0 Å².